The molecule has 0 aromatic rings. The van der Waals surface area contributed by atoms with E-state index in [1.165, 1.54) is 0 Å². The molecule has 2 heteroatoms. The highest BCUT2D eigenvalue weighted by atomic mass is 16.5. The molecule has 0 aromatic carbocycles. The van der Waals surface area contributed by atoms with E-state index in [2.05, 4.69) is 13.8 Å². The fraction of sp³-hybridized carbons (Fsp3) is 1.00. The first-order valence-electron chi connectivity index (χ1n) is 5.00. The van der Waals surface area contributed by atoms with E-state index in [-0.39, 0.29) is 0 Å². The van der Waals surface area contributed by atoms with Crippen LogP contribution in [-0.4, -0.2) is 16.0 Å². The number of hydrogen-bond acceptors (Lipinski definition) is 2. The first-order valence-corrected chi connectivity index (χ1v) is 5.00. The summed E-state index contributed by atoms with van der Waals surface area (Å²) < 4.78 is 0. The van der Waals surface area contributed by atoms with Crippen LogP contribution in [-0.2, 0) is 0 Å². The standard InChI is InChI=1S/C10H22O2/c1-4-7-9(5-2)8-10(11,12)6-3/h9,11-12H,4-8H2,1-3H3. The molecule has 1 unspecified atom stereocenters. The molecule has 74 valence electrons. The third-order valence-corrected chi connectivity index (χ3v) is 2.46. The molecule has 0 bridgehead atoms. The van der Waals surface area contributed by atoms with Crippen LogP contribution in [0.4, 0.5) is 0 Å². The highest BCUT2D eigenvalue weighted by Crippen LogP contribution is 2.23. The normalized spacial score (nSPS) is 14.8. The number of aliphatic hydroxyl groups is 2. The Kier molecular flexibility index (Phi) is 5.51. The minimum absolute atomic E-state index is 0.424. The van der Waals surface area contributed by atoms with Gasteiger partial charge < -0.3 is 10.2 Å². The molecule has 0 rings (SSSR count). The van der Waals surface area contributed by atoms with Crippen molar-refractivity contribution in [2.45, 2.75) is 58.7 Å². The Hall–Kier alpha value is -0.0800. The zero-order chi connectivity index (χ0) is 9.61. The van der Waals surface area contributed by atoms with Gasteiger partial charge in [-0.05, 0) is 12.3 Å². The van der Waals surface area contributed by atoms with Crippen molar-refractivity contribution in [1.82, 2.24) is 0 Å². The van der Waals surface area contributed by atoms with Gasteiger partial charge >= 0.3 is 0 Å². The average Bonchev–Trinajstić information content (AvgIpc) is 2.03. The van der Waals surface area contributed by atoms with E-state index in [1.54, 1.807) is 6.92 Å². The Bertz CT molecular complexity index is 110. The van der Waals surface area contributed by atoms with Crippen molar-refractivity contribution in [3.63, 3.8) is 0 Å². The van der Waals surface area contributed by atoms with Gasteiger partial charge in [-0.1, -0.05) is 40.0 Å². The molecule has 2 nitrogen and oxygen atoms in total. The summed E-state index contributed by atoms with van der Waals surface area (Å²) in [7, 11) is 0. The molecule has 0 aliphatic rings. The van der Waals surface area contributed by atoms with Crippen molar-refractivity contribution in [2.75, 3.05) is 0 Å². The average molecular weight is 174 g/mol. The van der Waals surface area contributed by atoms with Crippen molar-refractivity contribution in [3.05, 3.63) is 0 Å². The lowest BCUT2D eigenvalue weighted by Crippen LogP contribution is -2.29. The van der Waals surface area contributed by atoms with Crippen LogP contribution in [0.5, 0.6) is 0 Å². The minimum atomic E-state index is -1.43. The quantitative estimate of drug-likeness (QED) is 0.606. The van der Waals surface area contributed by atoms with Crippen LogP contribution in [0.15, 0.2) is 0 Å². The van der Waals surface area contributed by atoms with Gasteiger partial charge in [0.1, 0.15) is 0 Å². The second-order valence-corrected chi connectivity index (χ2v) is 3.60. The van der Waals surface area contributed by atoms with E-state index < -0.39 is 5.79 Å². The summed E-state index contributed by atoms with van der Waals surface area (Å²) >= 11 is 0. The monoisotopic (exact) mass is 174 g/mol. The van der Waals surface area contributed by atoms with E-state index >= 15 is 0 Å². The summed E-state index contributed by atoms with van der Waals surface area (Å²) in [6, 6.07) is 0. The summed E-state index contributed by atoms with van der Waals surface area (Å²) in [5.74, 6) is -0.972. The van der Waals surface area contributed by atoms with Crippen molar-refractivity contribution in [1.29, 1.82) is 0 Å². The molecule has 12 heavy (non-hydrogen) atoms. The van der Waals surface area contributed by atoms with E-state index in [4.69, 9.17) is 0 Å². The van der Waals surface area contributed by atoms with Crippen LogP contribution >= 0.6 is 0 Å². The lowest BCUT2D eigenvalue weighted by Gasteiger charge is -2.25. The summed E-state index contributed by atoms with van der Waals surface area (Å²) in [5, 5.41) is 18.8. The van der Waals surface area contributed by atoms with Gasteiger partial charge in [-0.3, -0.25) is 0 Å². The van der Waals surface area contributed by atoms with Gasteiger partial charge in [0.2, 0.25) is 0 Å². The first kappa shape index (κ1) is 11.9. The minimum Gasteiger partial charge on any atom is -0.366 e. The molecule has 0 radical (unpaired) electrons. The molecule has 0 amide bonds. The van der Waals surface area contributed by atoms with Crippen LogP contribution in [0, 0.1) is 5.92 Å². The van der Waals surface area contributed by atoms with Gasteiger partial charge in [-0.25, -0.2) is 0 Å². The summed E-state index contributed by atoms with van der Waals surface area (Å²) in [5.41, 5.74) is 0. The second-order valence-electron chi connectivity index (χ2n) is 3.60. The SMILES string of the molecule is CCCC(CC)CC(O)(O)CC. The molecular weight excluding hydrogens is 152 g/mol. The largest absolute Gasteiger partial charge is 0.366 e. The molecule has 0 saturated carbocycles. The summed E-state index contributed by atoms with van der Waals surface area (Å²) in [6.07, 6.45) is 4.20. The third kappa shape index (κ3) is 4.73. The summed E-state index contributed by atoms with van der Waals surface area (Å²) in [4.78, 5) is 0. The van der Waals surface area contributed by atoms with Crippen LogP contribution in [0.1, 0.15) is 52.9 Å². The van der Waals surface area contributed by atoms with Gasteiger partial charge in [-0.2, -0.15) is 0 Å². The van der Waals surface area contributed by atoms with Crippen LogP contribution in [0.2, 0.25) is 0 Å². The van der Waals surface area contributed by atoms with Crippen molar-refractivity contribution in [3.8, 4) is 0 Å². The molecule has 2 N–H and O–H groups in total. The molecule has 0 saturated heterocycles. The van der Waals surface area contributed by atoms with Gasteiger partial charge in [0.05, 0.1) is 0 Å². The van der Waals surface area contributed by atoms with Crippen LogP contribution < -0.4 is 0 Å². The Balaban J connectivity index is 3.83. The van der Waals surface area contributed by atoms with Crippen molar-refractivity contribution in [2.24, 2.45) is 5.92 Å². The maximum Gasteiger partial charge on any atom is 0.162 e. The van der Waals surface area contributed by atoms with E-state index in [0.717, 1.165) is 19.3 Å². The first-order chi connectivity index (χ1) is 5.55. The maximum absolute atomic E-state index is 9.41. The Labute approximate surface area is 75.6 Å². The molecule has 0 aromatic heterocycles. The number of hydrogen-bond donors (Lipinski definition) is 2. The fourth-order valence-corrected chi connectivity index (χ4v) is 1.47. The van der Waals surface area contributed by atoms with Crippen molar-refractivity contribution >= 4 is 0 Å². The Morgan fingerprint density at radius 1 is 1.17 bits per heavy atom. The van der Waals surface area contributed by atoms with Gasteiger partial charge in [0.15, 0.2) is 5.79 Å². The van der Waals surface area contributed by atoms with Crippen LogP contribution in [0.3, 0.4) is 0 Å². The Morgan fingerprint density at radius 2 is 1.75 bits per heavy atom. The smallest absolute Gasteiger partial charge is 0.162 e. The highest BCUT2D eigenvalue weighted by Gasteiger charge is 2.23. The molecule has 0 fully saturated rings. The van der Waals surface area contributed by atoms with Crippen LogP contribution in [0.25, 0.3) is 0 Å². The van der Waals surface area contributed by atoms with E-state index in [1.807, 2.05) is 0 Å². The number of rotatable bonds is 6. The van der Waals surface area contributed by atoms with Crippen molar-refractivity contribution < 1.29 is 10.2 Å². The van der Waals surface area contributed by atoms with Gasteiger partial charge in [0, 0.05) is 6.42 Å². The molecule has 0 heterocycles. The molecule has 0 aliphatic heterocycles. The topological polar surface area (TPSA) is 40.5 Å². The fourth-order valence-electron chi connectivity index (χ4n) is 1.47. The van der Waals surface area contributed by atoms with E-state index in [0.29, 0.717) is 18.8 Å². The maximum atomic E-state index is 9.41. The zero-order valence-corrected chi connectivity index (χ0v) is 8.51. The molecule has 0 spiro atoms. The molecular formula is C10H22O2. The van der Waals surface area contributed by atoms with Gasteiger partial charge in [0.25, 0.3) is 0 Å². The second kappa shape index (κ2) is 5.55. The zero-order valence-electron chi connectivity index (χ0n) is 8.51. The predicted molar refractivity (Wildman–Crippen MR) is 50.8 cm³/mol. The molecule has 1 atom stereocenters. The Morgan fingerprint density at radius 3 is 2.08 bits per heavy atom. The van der Waals surface area contributed by atoms with E-state index in [9.17, 15) is 10.2 Å². The predicted octanol–water partition coefficient (Wildman–Crippen LogP) is 2.29. The molecule has 0 aliphatic carbocycles. The van der Waals surface area contributed by atoms with Gasteiger partial charge in [-0.15, -0.1) is 0 Å². The lowest BCUT2D eigenvalue weighted by molar-refractivity contribution is -0.175. The third-order valence-electron chi connectivity index (χ3n) is 2.46. The lowest BCUT2D eigenvalue weighted by atomic mass is 9.91. The summed E-state index contributed by atoms with van der Waals surface area (Å²) in [6.45, 7) is 6.04. The highest BCUT2D eigenvalue weighted by molar-refractivity contribution is 4.68.